The Bertz CT molecular complexity index is 467. The highest BCUT2D eigenvalue weighted by Crippen LogP contribution is 2.43. The van der Waals surface area contributed by atoms with Crippen molar-refractivity contribution in [3.8, 4) is 12.3 Å². The molecular weight excluding hydrogens is 202 g/mol. The van der Waals surface area contributed by atoms with Crippen molar-refractivity contribution in [2.24, 2.45) is 5.73 Å². The third-order valence-electron chi connectivity index (χ3n) is 3.21. The van der Waals surface area contributed by atoms with Gasteiger partial charge in [-0.05, 0) is 30.5 Å². The van der Waals surface area contributed by atoms with Crippen LogP contribution in [0.4, 0.5) is 0 Å². The third-order valence-corrected chi connectivity index (χ3v) is 3.21. The van der Waals surface area contributed by atoms with Crippen LogP contribution in [-0.2, 0) is 10.2 Å². The first-order chi connectivity index (χ1) is 7.58. The molecule has 0 amide bonds. The number of carboxylic acid groups (broad SMARTS) is 1. The lowest BCUT2D eigenvalue weighted by Gasteiger charge is -2.43. The summed E-state index contributed by atoms with van der Waals surface area (Å²) < 4.78 is 0. The smallest absolute Gasteiger partial charge is 0.314 e. The number of hydrogen-bond donors (Lipinski definition) is 2. The van der Waals surface area contributed by atoms with Crippen LogP contribution in [0.25, 0.3) is 0 Å². The standard InChI is InChI=1S/C13H13NO2/c1-2-9-4-3-5-10(6-9)13(12(15)16)7-11(14)8-13/h1,3-6,11H,7-8,14H2,(H,15,16). The summed E-state index contributed by atoms with van der Waals surface area (Å²) in [6.07, 6.45) is 6.27. The zero-order valence-corrected chi connectivity index (χ0v) is 8.81. The van der Waals surface area contributed by atoms with Crippen molar-refractivity contribution in [3.05, 3.63) is 35.4 Å². The molecule has 0 saturated heterocycles. The average molecular weight is 215 g/mol. The molecule has 3 nitrogen and oxygen atoms in total. The van der Waals surface area contributed by atoms with Gasteiger partial charge >= 0.3 is 5.97 Å². The molecule has 0 aromatic heterocycles. The molecule has 1 aromatic carbocycles. The summed E-state index contributed by atoms with van der Waals surface area (Å²) in [6.45, 7) is 0. The fourth-order valence-electron chi connectivity index (χ4n) is 2.28. The first-order valence-corrected chi connectivity index (χ1v) is 5.14. The van der Waals surface area contributed by atoms with E-state index in [9.17, 15) is 9.90 Å². The Morgan fingerprint density at radius 2 is 2.25 bits per heavy atom. The van der Waals surface area contributed by atoms with E-state index >= 15 is 0 Å². The number of nitrogens with two attached hydrogens (primary N) is 1. The van der Waals surface area contributed by atoms with E-state index in [4.69, 9.17) is 12.2 Å². The van der Waals surface area contributed by atoms with E-state index in [2.05, 4.69) is 5.92 Å². The average Bonchev–Trinajstić information content (AvgIpc) is 2.24. The minimum absolute atomic E-state index is 0.0226. The molecule has 1 saturated carbocycles. The molecule has 1 fully saturated rings. The molecule has 82 valence electrons. The van der Waals surface area contributed by atoms with E-state index in [0.29, 0.717) is 18.4 Å². The van der Waals surface area contributed by atoms with E-state index < -0.39 is 11.4 Å². The van der Waals surface area contributed by atoms with E-state index in [1.165, 1.54) is 0 Å². The number of carbonyl (C=O) groups is 1. The van der Waals surface area contributed by atoms with Crippen molar-refractivity contribution in [2.75, 3.05) is 0 Å². The van der Waals surface area contributed by atoms with Gasteiger partial charge in [0.1, 0.15) is 0 Å². The molecule has 0 bridgehead atoms. The monoisotopic (exact) mass is 215 g/mol. The summed E-state index contributed by atoms with van der Waals surface area (Å²) in [7, 11) is 0. The van der Waals surface area contributed by atoms with Gasteiger partial charge in [0.2, 0.25) is 0 Å². The van der Waals surface area contributed by atoms with E-state index in [1.54, 1.807) is 24.3 Å². The molecule has 1 aliphatic rings. The molecule has 1 aliphatic carbocycles. The highest BCUT2D eigenvalue weighted by Gasteiger charge is 2.50. The SMILES string of the molecule is C#Cc1cccc(C2(C(=O)O)CC(N)C2)c1. The van der Waals surface area contributed by atoms with Gasteiger partial charge in [-0.15, -0.1) is 6.42 Å². The van der Waals surface area contributed by atoms with Gasteiger partial charge in [0, 0.05) is 11.6 Å². The number of terminal acetylenes is 1. The van der Waals surface area contributed by atoms with Gasteiger partial charge in [-0.2, -0.15) is 0 Å². The van der Waals surface area contributed by atoms with Crippen molar-refractivity contribution >= 4 is 5.97 Å². The molecule has 0 heterocycles. The Morgan fingerprint density at radius 3 is 2.75 bits per heavy atom. The predicted molar refractivity (Wildman–Crippen MR) is 60.9 cm³/mol. The maximum atomic E-state index is 11.3. The molecule has 16 heavy (non-hydrogen) atoms. The van der Waals surface area contributed by atoms with Crippen LogP contribution in [0.15, 0.2) is 24.3 Å². The third kappa shape index (κ3) is 1.48. The molecule has 0 unspecified atom stereocenters. The second-order valence-corrected chi connectivity index (χ2v) is 4.28. The molecule has 3 heteroatoms. The molecule has 2 rings (SSSR count). The summed E-state index contributed by atoms with van der Waals surface area (Å²) in [4.78, 5) is 11.3. The maximum Gasteiger partial charge on any atom is 0.314 e. The largest absolute Gasteiger partial charge is 0.481 e. The van der Waals surface area contributed by atoms with Crippen LogP contribution < -0.4 is 5.73 Å². The Morgan fingerprint density at radius 1 is 1.56 bits per heavy atom. The van der Waals surface area contributed by atoms with Gasteiger partial charge in [0.25, 0.3) is 0 Å². The molecule has 1 aromatic rings. The maximum absolute atomic E-state index is 11.3. The van der Waals surface area contributed by atoms with Crippen molar-refractivity contribution < 1.29 is 9.90 Å². The van der Waals surface area contributed by atoms with Crippen molar-refractivity contribution in [1.82, 2.24) is 0 Å². The molecule has 0 atom stereocenters. The summed E-state index contributed by atoms with van der Waals surface area (Å²) in [5.74, 6) is 1.70. The number of benzene rings is 1. The van der Waals surface area contributed by atoms with Gasteiger partial charge in [0.15, 0.2) is 0 Å². The number of hydrogen-bond acceptors (Lipinski definition) is 2. The highest BCUT2D eigenvalue weighted by molar-refractivity contribution is 5.83. The summed E-state index contributed by atoms with van der Waals surface area (Å²) in [6, 6.07) is 7.13. The highest BCUT2D eigenvalue weighted by atomic mass is 16.4. The minimum atomic E-state index is -0.827. The van der Waals surface area contributed by atoms with E-state index in [0.717, 1.165) is 5.56 Å². The van der Waals surface area contributed by atoms with Gasteiger partial charge in [-0.25, -0.2) is 0 Å². The quantitative estimate of drug-likeness (QED) is 0.726. The van der Waals surface area contributed by atoms with Crippen LogP contribution in [0.5, 0.6) is 0 Å². The lowest BCUT2D eigenvalue weighted by atomic mass is 9.61. The van der Waals surface area contributed by atoms with Crippen molar-refractivity contribution in [2.45, 2.75) is 24.3 Å². The van der Waals surface area contributed by atoms with Crippen LogP contribution in [0.3, 0.4) is 0 Å². The Balaban J connectivity index is 2.42. The minimum Gasteiger partial charge on any atom is -0.481 e. The predicted octanol–water partition coefficient (Wildman–Crippen LogP) is 1.11. The van der Waals surface area contributed by atoms with Crippen LogP contribution in [0.2, 0.25) is 0 Å². The Labute approximate surface area is 94.3 Å². The van der Waals surface area contributed by atoms with Gasteiger partial charge in [-0.1, -0.05) is 18.1 Å². The molecule has 3 N–H and O–H groups in total. The Hall–Kier alpha value is -1.79. The lowest BCUT2D eigenvalue weighted by Crippen LogP contribution is -2.54. The van der Waals surface area contributed by atoms with Gasteiger partial charge < -0.3 is 10.8 Å². The molecule has 0 aliphatic heterocycles. The fraction of sp³-hybridized carbons (Fsp3) is 0.308. The topological polar surface area (TPSA) is 63.3 Å². The van der Waals surface area contributed by atoms with Gasteiger partial charge in [0.05, 0.1) is 5.41 Å². The zero-order valence-electron chi connectivity index (χ0n) is 8.81. The lowest BCUT2D eigenvalue weighted by molar-refractivity contribution is -0.148. The Kier molecular flexibility index (Phi) is 2.45. The van der Waals surface area contributed by atoms with Crippen LogP contribution in [-0.4, -0.2) is 17.1 Å². The first kappa shape index (κ1) is 10.7. The summed E-state index contributed by atoms with van der Waals surface area (Å²) in [5.41, 5.74) is 6.34. The van der Waals surface area contributed by atoms with Crippen LogP contribution in [0, 0.1) is 12.3 Å². The second kappa shape index (κ2) is 3.66. The van der Waals surface area contributed by atoms with Crippen molar-refractivity contribution in [3.63, 3.8) is 0 Å². The summed E-state index contributed by atoms with van der Waals surface area (Å²) >= 11 is 0. The summed E-state index contributed by atoms with van der Waals surface area (Å²) in [5, 5.41) is 9.31. The first-order valence-electron chi connectivity index (χ1n) is 5.14. The van der Waals surface area contributed by atoms with Gasteiger partial charge in [-0.3, -0.25) is 4.79 Å². The van der Waals surface area contributed by atoms with Crippen LogP contribution in [0.1, 0.15) is 24.0 Å². The number of carboxylic acids is 1. The van der Waals surface area contributed by atoms with Crippen molar-refractivity contribution in [1.29, 1.82) is 0 Å². The second-order valence-electron chi connectivity index (χ2n) is 4.28. The molecule has 0 spiro atoms. The zero-order chi connectivity index (χ0) is 11.8. The fourth-order valence-corrected chi connectivity index (χ4v) is 2.28. The number of rotatable bonds is 2. The molecule has 0 radical (unpaired) electrons. The van der Waals surface area contributed by atoms with Crippen LogP contribution >= 0.6 is 0 Å². The van der Waals surface area contributed by atoms with E-state index in [-0.39, 0.29) is 6.04 Å². The normalized spacial score (nSPS) is 27.9. The molecular formula is C13H13NO2. The van der Waals surface area contributed by atoms with E-state index in [1.807, 2.05) is 0 Å². The number of aliphatic carboxylic acids is 1.